The van der Waals surface area contributed by atoms with Gasteiger partial charge < -0.3 is 19.9 Å². The average molecular weight is 352 g/mol. The fraction of sp³-hybridized carbons (Fsp3) is 0.400. The number of pyridine rings is 1. The maximum atomic E-state index is 12.6. The molecule has 1 aromatic carbocycles. The summed E-state index contributed by atoms with van der Waals surface area (Å²) in [7, 11) is 0. The first-order valence-electron chi connectivity index (χ1n) is 9.24. The first-order valence-corrected chi connectivity index (χ1v) is 9.24. The van der Waals surface area contributed by atoms with E-state index in [4.69, 9.17) is 4.74 Å². The van der Waals surface area contributed by atoms with Crippen LogP contribution in [0.4, 0.5) is 17.1 Å². The second-order valence-electron chi connectivity index (χ2n) is 6.73. The predicted octanol–water partition coefficient (Wildman–Crippen LogP) is 2.90. The van der Waals surface area contributed by atoms with Crippen LogP contribution in [-0.2, 0) is 4.74 Å². The van der Waals surface area contributed by atoms with Gasteiger partial charge in [-0.1, -0.05) is 0 Å². The molecule has 0 atom stereocenters. The van der Waals surface area contributed by atoms with Crippen LogP contribution < -0.4 is 10.2 Å². The highest BCUT2D eigenvalue weighted by atomic mass is 16.5. The quantitative estimate of drug-likeness (QED) is 0.917. The van der Waals surface area contributed by atoms with Gasteiger partial charge in [0.2, 0.25) is 0 Å². The van der Waals surface area contributed by atoms with Crippen LogP contribution in [0.15, 0.2) is 42.7 Å². The normalized spacial score (nSPS) is 17.4. The van der Waals surface area contributed by atoms with Crippen molar-refractivity contribution in [1.29, 1.82) is 0 Å². The number of amides is 1. The highest BCUT2D eigenvalue weighted by molar-refractivity contribution is 5.95. The molecule has 1 N–H and O–H groups in total. The minimum atomic E-state index is 0.00818. The van der Waals surface area contributed by atoms with Gasteiger partial charge in [0.25, 0.3) is 5.91 Å². The van der Waals surface area contributed by atoms with Gasteiger partial charge in [0.1, 0.15) is 0 Å². The molecule has 1 amide bonds. The zero-order valence-electron chi connectivity index (χ0n) is 14.9. The predicted molar refractivity (Wildman–Crippen MR) is 102 cm³/mol. The van der Waals surface area contributed by atoms with Gasteiger partial charge in [-0.05, 0) is 43.2 Å². The Kier molecular flexibility index (Phi) is 5.02. The summed E-state index contributed by atoms with van der Waals surface area (Å²) in [6.07, 6.45) is 5.91. The second kappa shape index (κ2) is 7.74. The average Bonchev–Trinajstić information content (AvgIpc) is 3.24. The highest BCUT2D eigenvalue weighted by Gasteiger charge is 2.19. The highest BCUT2D eigenvalue weighted by Crippen LogP contribution is 2.24. The summed E-state index contributed by atoms with van der Waals surface area (Å²) in [5.74, 6) is 0.00818. The molecule has 0 bridgehead atoms. The van der Waals surface area contributed by atoms with Crippen molar-refractivity contribution >= 4 is 23.0 Å². The van der Waals surface area contributed by atoms with Crippen molar-refractivity contribution in [1.82, 2.24) is 9.88 Å². The topological polar surface area (TPSA) is 57.7 Å². The molecule has 6 heteroatoms. The SMILES string of the molecule is O=C(c1cncc(Nc2ccc(N3CCCC3)cc2)c1)N1CCOCC1. The molecular weight excluding hydrogens is 328 g/mol. The standard InChI is InChI=1S/C20H24N4O2/c25-20(24-9-11-26-12-10-24)16-13-18(15-21-14-16)22-17-3-5-19(6-4-17)23-7-1-2-8-23/h3-6,13-15,22H,1-2,7-12H2. The Bertz CT molecular complexity index is 751. The molecule has 4 rings (SSSR count). The smallest absolute Gasteiger partial charge is 0.255 e. The molecule has 2 aromatic rings. The zero-order chi connectivity index (χ0) is 17.8. The van der Waals surface area contributed by atoms with E-state index in [1.54, 1.807) is 12.4 Å². The molecule has 2 aliphatic heterocycles. The Morgan fingerprint density at radius 3 is 2.42 bits per heavy atom. The van der Waals surface area contributed by atoms with E-state index in [1.165, 1.54) is 18.5 Å². The van der Waals surface area contributed by atoms with Gasteiger partial charge in [0.15, 0.2) is 0 Å². The zero-order valence-corrected chi connectivity index (χ0v) is 14.9. The molecule has 0 spiro atoms. The largest absolute Gasteiger partial charge is 0.378 e. The second-order valence-corrected chi connectivity index (χ2v) is 6.73. The number of carbonyl (C=O) groups excluding carboxylic acids is 1. The number of morpholine rings is 1. The minimum Gasteiger partial charge on any atom is -0.378 e. The molecule has 0 radical (unpaired) electrons. The third-order valence-electron chi connectivity index (χ3n) is 4.91. The fourth-order valence-corrected chi connectivity index (χ4v) is 3.47. The van der Waals surface area contributed by atoms with Crippen molar-refractivity contribution < 1.29 is 9.53 Å². The summed E-state index contributed by atoms with van der Waals surface area (Å²) in [6.45, 7) is 4.74. The van der Waals surface area contributed by atoms with E-state index in [-0.39, 0.29) is 5.91 Å². The first-order chi connectivity index (χ1) is 12.8. The number of aromatic nitrogens is 1. The monoisotopic (exact) mass is 352 g/mol. The summed E-state index contributed by atoms with van der Waals surface area (Å²) >= 11 is 0. The maximum absolute atomic E-state index is 12.6. The van der Waals surface area contributed by atoms with Crippen LogP contribution in [0.1, 0.15) is 23.2 Å². The van der Waals surface area contributed by atoms with E-state index in [0.29, 0.717) is 31.9 Å². The number of nitrogens with zero attached hydrogens (tertiary/aromatic N) is 3. The van der Waals surface area contributed by atoms with E-state index < -0.39 is 0 Å². The van der Waals surface area contributed by atoms with Crippen LogP contribution in [-0.4, -0.2) is 55.2 Å². The molecule has 2 saturated heterocycles. The van der Waals surface area contributed by atoms with Gasteiger partial charge in [-0.2, -0.15) is 0 Å². The number of anilines is 3. The molecule has 26 heavy (non-hydrogen) atoms. The van der Waals surface area contributed by atoms with Gasteiger partial charge in [0, 0.05) is 43.8 Å². The number of ether oxygens (including phenoxy) is 1. The van der Waals surface area contributed by atoms with Crippen LogP contribution in [0.3, 0.4) is 0 Å². The van der Waals surface area contributed by atoms with Crippen molar-refractivity contribution in [3.8, 4) is 0 Å². The molecule has 1 aromatic heterocycles. The molecule has 3 heterocycles. The Morgan fingerprint density at radius 2 is 1.69 bits per heavy atom. The Hall–Kier alpha value is -2.60. The van der Waals surface area contributed by atoms with Crippen molar-refractivity contribution in [2.24, 2.45) is 0 Å². The molecule has 0 aliphatic carbocycles. The van der Waals surface area contributed by atoms with Gasteiger partial charge in [-0.15, -0.1) is 0 Å². The van der Waals surface area contributed by atoms with Gasteiger partial charge in [-0.3, -0.25) is 9.78 Å². The van der Waals surface area contributed by atoms with Crippen molar-refractivity contribution in [3.63, 3.8) is 0 Å². The van der Waals surface area contributed by atoms with E-state index >= 15 is 0 Å². The number of hydrogen-bond donors (Lipinski definition) is 1. The third-order valence-corrected chi connectivity index (χ3v) is 4.91. The Labute approximate surface area is 153 Å². The van der Waals surface area contributed by atoms with Crippen LogP contribution in [0.25, 0.3) is 0 Å². The molecular formula is C20H24N4O2. The van der Waals surface area contributed by atoms with Crippen LogP contribution in [0, 0.1) is 0 Å². The molecule has 2 fully saturated rings. The number of benzene rings is 1. The number of hydrogen-bond acceptors (Lipinski definition) is 5. The van der Waals surface area contributed by atoms with Crippen molar-refractivity contribution in [2.75, 3.05) is 49.6 Å². The van der Waals surface area contributed by atoms with E-state index in [2.05, 4.69) is 39.5 Å². The van der Waals surface area contributed by atoms with Crippen molar-refractivity contribution in [3.05, 3.63) is 48.3 Å². The Balaban J connectivity index is 1.44. The maximum Gasteiger partial charge on any atom is 0.255 e. The van der Waals surface area contributed by atoms with Crippen LogP contribution in [0.5, 0.6) is 0 Å². The fourth-order valence-electron chi connectivity index (χ4n) is 3.47. The van der Waals surface area contributed by atoms with Gasteiger partial charge >= 0.3 is 0 Å². The summed E-state index contributed by atoms with van der Waals surface area (Å²) in [5.41, 5.74) is 3.68. The first kappa shape index (κ1) is 16.8. The summed E-state index contributed by atoms with van der Waals surface area (Å²) < 4.78 is 5.31. The lowest BCUT2D eigenvalue weighted by Crippen LogP contribution is -2.40. The Morgan fingerprint density at radius 1 is 0.962 bits per heavy atom. The van der Waals surface area contributed by atoms with Crippen LogP contribution in [0.2, 0.25) is 0 Å². The molecule has 136 valence electrons. The summed E-state index contributed by atoms with van der Waals surface area (Å²) in [6, 6.07) is 10.3. The number of carbonyl (C=O) groups is 1. The minimum absolute atomic E-state index is 0.00818. The molecule has 0 saturated carbocycles. The molecule has 2 aliphatic rings. The lowest BCUT2D eigenvalue weighted by molar-refractivity contribution is 0.0302. The lowest BCUT2D eigenvalue weighted by atomic mass is 10.2. The number of rotatable bonds is 4. The van der Waals surface area contributed by atoms with E-state index in [0.717, 1.165) is 24.5 Å². The van der Waals surface area contributed by atoms with E-state index in [9.17, 15) is 4.79 Å². The van der Waals surface area contributed by atoms with Gasteiger partial charge in [0.05, 0.1) is 30.7 Å². The summed E-state index contributed by atoms with van der Waals surface area (Å²) in [5, 5.41) is 3.34. The van der Waals surface area contributed by atoms with Crippen molar-refractivity contribution in [2.45, 2.75) is 12.8 Å². The third kappa shape index (κ3) is 3.80. The number of nitrogens with one attached hydrogen (secondary N) is 1. The molecule has 0 unspecified atom stereocenters. The van der Waals surface area contributed by atoms with E-state index in [1.807, 2.05) is 11.0 Å². The summed E-state index contributed by atoms with van der Waals surface area (Å²) in [4.78, 5) is 21.0. The molecule has 6 nitrogen and oxygen atoms in total. The van der Waals surface area contributed by atoms with Crippen LogP contribution >= 0.6 is 0 Å². The van der Waals surface area contributed by atoms with Gasteiger partial charge in [-0.25, -0.2) is 0 Å². The lowest BCUT2D eigenvalue weighted by Gasteiger charge is -2.26.